The minimum Gasteiger partial charge on any atom is -0.376 e. The number of alkyl halides is 3. The van der Waals surface area contributed by atoms with Gasteiger partial charge in [0.25, 0.3) is 0 Å². The number of nitrogens with zero attached hydrogens (tertiary/aromatic N) is 3. The molecule has 0 unspecified atom stereocenters. The van der Waals surface area contributed by atoms with Crippen molar-refractivity contribution in [1.29, 1.82) is 5.41 Å². The van der Waals surface area contributed by atoms with Crippen molar-refractivity contribution in [3.8, 4) is 0 Å². The molecular formula is C18H17BrF3N5. The number of fused-ring (bicyclic) bond motifs is 1. The van der Waals surface area contributed by atoms with E-state index in [1.54, 1.807) is 24.4 Å². The Morgan fingerprint density at radius 3 is 2.67 bits per heavy atom. The van der Waals surface area contributed by atoms with Crippen LogP contribution in [0.1, 0.15) is 30.0 Å². The SMILES string of the molecule is Brc1cc(C2CC2)n2nccc2n1.N=Cc1ccccc1NCC(F)(F)F. The van der Waals surface area contributed by atoms with E-state index in [0.717, 1.165) is 16.5 Å². The summed E-state index contributed by atoms with van der Waals surface area (Å²) >= 11 is 3.41. The largest absolute Gasteiger partial charge is 0.405 e. The van der Waals surface area contributed by atoms with Crippen LogP contribution in [-0.2, 0) is 0 Å². The third-order valence-electron chi connectivity index (χ3n) is 3.95. The summed E-state index contributed by atoms with van der Waals surface area (Å²) in [7, 11) is 0. The Hall–Kier alpha value is -2.42. The van der Waals surface area contributed by atoms with Crippen LogP contribution in [-0.4, -0.2) is 33.5 Å². The van der Waals surface area contributed by atoms with E-state index < -0.39 is 12.7 Å². The fourth-order valence-corrected chi connectivity index (χ4v) is 2.97. The average molecular weight is 440 g/mol. The lowest BCUT2D eigenvalue weighted by atomic mass is 10.2. The highest BCUT2D eigenvalue weighted by atomic mass is 79.9. The zero-order valence-corrected chi connectivity index (χ0v) is 15.8. The number of para-hydroxylation sites is 1. The van der Waals surface area contributed by atoms with Gasteiger partial charge in [-0.05, 0) is 40.9 Å². The van der Waals surface area contributed by atoms with Gasteiger partial charge in [0.05, 0.1) is 11.9 Å². The maximum Gasteiger partial charge on any atom is 0.405 e. The molecule has 0 spiro atoms. The van der Waals surface area contributed by atoms with Crippen molar-refractivity contribution in [1.82, 2.24) is 14.6 Å². The lowest BCUT2D eigenvalue weighted by molar-refractivity contribution is -0.115. The Kier molecular flexibility index (Phi) is 5.79. The summed E-state index contributed by atoms with van der Waals surface area (Å²) in [4.78, 5) is 4.32. The summed E-state index contributed by atoms with van der Waals surface area (Å²) in [5.41, 5.74) is 2.97. The third kappa shape index (κ3) is 5.29. The minimum atomic E-state index is -4.24. The number of hydrogen-bond acceptors (Lipinski definition) is 4. The molecule has 5 nitrogen and oxygen atoms in total. The fourth-order valence-electron chi connectivity index (χ4n) is 2.55. The molecule has 1 aromatic carbocycles. The molecule has 2 aromatic heterocycles. The highest BCUT2D eigenvalue weighted by molar-refractivity contribution is 9.10. The summed E-state index contributed by atoms with van der Waals surface area (Å²) in [5.74, 6) is 0.696. The Labute approximate surface area is 162 Å². The summed E-state index contributed by atoms with van der Waals surface area (Å²) in [6.07, 6.45) is 1.13. The second-order valence-corrected chi connectivity index (χ2v) is 6.89. The van der Waals surface area contributed by atoms with Gasteiger partial charge in [0.15, 0.2) is 5.65 Å². The summed E-state index contributed by atoms with van der Waals surface area (Å²) < 4.78 is 38.4. The Morgan fingerprint density at radius 1 is 1.26 bits per heavy atom. The lowest BCUT2D eigenvalue weighted by Crippen LogP contribution is -2.21. The van der Waals surface area contributed by atoms with Crippen LogP contribution in [0.2, 0.25) is 0 Å². The van der Waals surface area contributed by atoms with Gasteiger partial charge >= 0.3 is 6.18 Å². The molecule has 0 saturated heterocycles. The van der Waals surface area contributed by atoms with Crippen LogP contribution >= 0.6 is 15.9 Å². The molecule has 142 valence electrons. The first-order valence-electron chi connectivity index (χ1n) is 8.27. The average Bonchev–Trinajstić information content (AvgIpc) is 3.37. The van der Waals surface area contributed by atoms with Crippen molar-refractivity contribution in [2.75, 3.05) is 11.9 Å². The van der Waals surface area contributed by atoms with Gasteiger partial charge in [0.2, 0.25) is 0 Å². The molecular weight excluding hydrogens is 423 g/mol. The van der Waals surface area contributed by atoms with Crippen LogP contribution in [0.4, 0.5) is 18.9 Å². The highest BCUT2D eigenvalue weighted by Crippen LogP contribution is 2.40. The molecule has 0 amide bonds. The predicted octanol–water partition coefficient (Wildman–Crippen LogP) is 5.03. The van der Waals surface area contributed by atoms with E-state index >= 15 is 0 Å². The normalized spacial score (nSPS) is 13.8. The molecule has 4 rings (SSSR count). The number of aromatic nitrogens is 3. The zero-order chi connectivity index (χ0) is 19.4. The second-order valence-electron chi connectivity index (χ2n) is 6.08. The first-order valence-corrected chi connectivity index (χ1v) is 9.07. The molecule has 0 atom stereocenters. The van der Waals surface area contributed by atoms with E-state index in [-0.39, 0.29) is 0 Å². The van der Waals surface area contributed by atoms with Gasteiger partial charge < -0.3 is 10.7 Å². The number of anilines is 1. The maximum absolute atomic E-state index is 11.9. The topological polar surface area (TPSA) is 66.1 Å². The van der Waals surface area contributed by atoms with E-state index in [1.807, 2.05) is 10.6 Å². The molecule has 2 N–H and O–H groups in total. The van der Waals surface area contributed by atoms with Gasteiger partial charge in [-0.2, -0.15) is 18.3 Å². The number of hydrogen-bond donors (Lipinski definition) is 2. The third-order valence-corrected chi connectivity index (χ3v) is 4.35. The number of nitrogens with one attached hydrogen (secondary N) is 2. The first kappa shape index (κ1) is 19.3. The van der Waals surface area contributed by atoms with Gasteiger partial charge in [0.1, 0.15) is 11.1 Å². The van der Waals surface area contributed by atoms with Gasteiger partial charge in [-0.1, -0.05) is 18.2 Å². The molecule has 0 bridgehead atoms. The standard InChI is InChI=1S/C9H8BrN3.C9H9F3N2/c10-8-5-7(6-1-2-6)13-9(12-8)3-4-11-13;10-9(11,12)6-14-8-4-2-1-3-7(8)5-13/h3-6H,1-2H2;1-5,13-14H,6H2. The van der Waals surface area contributed by atoms with E-state index in [0.29, 0.717) is 17.2 Å². The van der Waals surface area contributed by atoms with Crippen molar-refractivity contribution in [3.63, 3.8) is 0 Å². The molecule has 3 aromatic rings. The Morgan fingerprint density at radius 2 is 2.00 bits per heavy atom. The van der Waals surface area contributed by atoms with Gasteiger partial charge in [0, 0.05) is 29.4 Å². The Bertz CT molecular complexity index is 934. The molecule has 27 heavy (non-hydrogen) atoms. The van der Waals surface area contributed by atoms with Gasteiger partial charge in [-0.3, -0.25) is 0 Å². The molecule has 1 fully saturated rings. The van der Waals surface area contributed by atoms with Crippen molar-refractivity contribution >= 4 is 33.5 Å². The maximum atomic E-state index is 11.9. The summed E-state index contributed by atoms with van der Waals surface area (Å²) in [6, 6.07) is 10.4. The van der Waals surface area contributed by atoms with Crippen LogP contribution in [0.5, 0.6) is 0 Å². The van der Waals surface area contributed by atoms with E-state index in [1.165, 1.54) is 24.6 Å². The lowest BCUT2D eigenvalue weighted by Gasteiger charge is -2.11. The highest BCUT2D eigenvalue weighted by Gasteiger charge is 2.27. The van der Waals surface area contributed by atoms with Crippen molar-refractivity contribution in [2.45, 2.75) is 24.9 Å². The van der Waals surface area contributed by atoms with Gasteiger partial charge in [-0.25, -0.2) is 9.50 Å². The van der Waals surface area contributed by atoms with Crippen LogP contribution in [0.25, 0.3) is 5.65 Å². The minimum absolute atomic E-state index is 0.319. The summed E-state index contributed by atoms with van der Waals surface area (Å²) in [6.45, 7) is -1.09. The Balaban J connectivity index is 0.000000156. The van der Waals surface area contributed by atoms with E-state index in [4.69, 9.17) is 5.41 Å². The number of halogens is 4. The van der Waals surface area contributed by atoms with Crippen LogP contribution in [0.3, 0.4) is 0 Å². The molecule has 0 aliphatic heterocycles. The second kappa shape index (κ2) is 8.08. The van der Waals surface area contributed by atoms with Crippen LogP contribution < -0.4 is 5.32 Å². The van der Waals surface area contributed by atoms with E-state index in [9.17, 15) is 13.2 Å². The molecule has 2 heterocycles. The van der Waals surface area contributed by atoms with Crippen molar-refractivity contribution in [3.05, 3.63) is 58.5 Å². The first-order chi connectivity index (χ1) is 12.9. The number of benzene rings is 1. The molecule has 1 aliphatic rings. The van der Waals surface area contributed by atoms with E-state index in [2.05, 4.69) is 37.4 Å². The zero-order valence-electron chi connectivity index (χ0n) is 14.2. The molecule has 1 saturated carbocycles. The quantitative estimate of drug-likeness (QED) is 0.442. The van der Waals surface area contributed by atoms with Crippen LogP contribution in [0.15, 0.2) is 47.2 Å². The fraction of sp³-hybridized carbons (Fsp3) is 0.278. The van der Waals surface area contributed by atoms with Crippen molar-refractivity contribution < 1.29 is 13.2 Å². The number of rotatable bonds is 4. The van der Waals surface area contributed by atoms with Crippen LogP contribution in [0, 0.1) is 5.41 Å². The van der Waals surface area contributed by atoms with Gasteiger partial charge in [-0.15, -0.1) is 0 Å². The molecule has 0 radical (unpaired) electrons. The molecule has 1 aliphatic carbocycles. The predicted molar refractivity (Wildman–Crippen MR) is 102 cm³/mol. The van der Waals surface area contributed by atoms with Crippen molar-refractivity contribution in [2.24, 2.45) is 0 Å². The summed E-state index contributed by atoms with van der Waals surface area (Å²) in [5, 5.41) is 13.5. The smallest absolute Gasteiger partial charge is 0.376 e. The molecule has 9 heteroatoms. The monoisotopic (exact) mass is 439 g/mol.